The third-order valence-corrected chi connectivity index (χ3v) is 7.16. The van der Waals surface area contributed by atoms with Crippen LogP contribution in [0.4, 0.5) is 0 Å². The molecule has 11 nitrogen and oxygen atoms in total. The van der Waals surface area contributed by atoms with Gasteiger partial charge in [-0.3, -0.25) is 0 Å². The number of aliphatic hydroxyl groups excluding tert-OH is 1. The molecule has 0 unspecified atom stereocenters. The summed E-state index contributed by atoms with van der Waals surface area (Å²) in [4.78, 5) is 11.4. The molecule has 0 aliphatic heterocycles. The van der Waals surface area contributed by atoms with Crippen LogP contribution in [0.15, 0.2) is 121 Å². The van der Waals surface area contributed by atoms with Gasteiger partial charge in [0.15, 0.2) is 46.0 Å². The fraction of sp³-hybridized carbons (Fsp3) is 0.225. The van der Waals surface area contributed by atoms with E-state index in [2.05, 4.69) is 0 Å². The molecule has 1 N–H and O–H groups in total. The molecule has 266 valence electrons. The molecule has 0 atom stereocenters. The Labute approximate surface area is 314 Å². The van der Waals surface area contributed by atoms with E-state index >= 15 is 0 Å². The van der Waals surface area contributed by atoms with Gasteiger partial charge in [-0.1, -0.05) is 72.8 Å². The van der Waals surface area contributed by atoms with Crippen LogP contribution >= 0.6 is 0 Å². The van der Waals surface area contributed by atoms with Crippen molar-refractivity contribution in [3.63, 3.8) is 0 Å². The maximum absolute atomic E-state index is 11.4. The first kappa shape index (κ1) is 39.3. The van der Waals surface area contributed by atoms with Crippen LogP contribution < -0.4 is 61.9 Å². The zero-order valence-electron chi connectivity index (χ0n) is 28.9. The average Bonchev–Trinajstić information content (AvgIpc) is 3.17. The Kier molecular flexibility index (Phi) is 16.4. The summed E-state index contributed by atoms with van der Waals surface area (Å²) < 4.78 is 47.0. The van der Waals surface area contributed by atoms with Gasteiger partial charge < -0.3 is 52.9 Å². The maximum Gasteiger partial charge on any atom is 1.00 e. The molecule has 0 amide bonds. The first-order valence-corrected chi connectivity index (χ1v) is 16.4. The Balaban J connectivity index is 0.00000605. The second-order valence-electron chi connectivity index (χ2n) is 10.7. The average molecular weight is 703 g/mol. The number of hydrogen-bond donors (Lipinski definition) is 1. The summed E-state index contributed by atoms with van der Waals surface area (Å²) in [5.74, 6) is 3.09. The summed E-state index contributed by atoms with van der Waals surface area (Å²) >= 11 is 0. The van der Waals surface area contributed by atoms with Crippen LogP contribution in [0, 0.1) is 0 Å². The van der Waals surface area contributed by atoms with E-state index in [4.69, 9.17) is 43.0 Å². The molecule has 5 aromatic carbocycles. The molecule has 0 spiro atoms. The van der Waals surface area contributed by atoms with E-state index in [0.29, 0.717) is 51.6 Å². The molecule has 0 aliphatic rings. The van der Waals surface area contributed by atoms with Gasteiger partial charge in [0.2, 0.25) is 0 Å². The van der Waals surface area contributed by atoms with E-state index in [0.717, 1.165) is 0 Å². The second kappa shape index (κ2) is 21.7. The van der Waals surface area contributed by atoms with Crippen molar-refractivity contribution in [1.82, 2.24) is 0 Å². The van der Waals surface area contributed by atoms with Gasteiger partial charge in [-0.25, -0.2) is 0 Å². The van der Waals surface area contributed by atoms with E-state index < -0.39 is 5.97 Å². The summed E-state index contributed by atoms with van der Waals surface area (Å²) in [5.41, 5.74) is 0.583. The van der Waals surface area contributed by atoms with Crippen LogP contribution in [0.5, 0.6) is 46.0 Å². The van der Waals surface area contributed by atoms with Crippen molar-refractivity contribution in [2.75, 3.05) is 52.9 Å². The maximum atomic E-state index is 11.4. The fourth-order valence-corrected chi connectivity index (χ4v) is 4.82. The van der Waals surface area contributed by atoms with Gasteiger partial charge in [-0.05, 0) is 54.1 Å². The van der Waals surface area contributed by atoms with Crippen molar-refractivity contribution < 1.29 is 71.8 Å². The normalized spacial score (nSPS) is 10.3. The van der Waals surface area contributed by atoms with Gasteiger partial charge in [0.05, 0.1) is 12.6 Å². The van der Waals surface area contributed by atoms with E-state index in [-0.39, 0.29) is 83.9 Å². The molecule has 5 aromatic rings. The Bertz CT molecular complexity index is 1820. The second-order valence-corrected chi connectivity index (χ2v) is 10.7. The number of para-hydroxylation sites is 8. The van der Waals surface area contributed by atoms with Crippen LogP contribution in [-0.4, -0.2) is 63.9 Å². The van der Waals surface area contributed by atoms with E-state index in [1.807, 2.05) is 72.8 Å². The molecular formula is C40H39LiO11. The quantitative estimate of drug-likeness (QED) is 0.0842. The van der Waals surface area contributed by atoms with Crippen LogP contribution in [-0.2, 0) is 6.61 Å². The summed E-state index contributed by atoms with van der Waals surface area (Å²) in [5, 5.41) is 20.5. The fourth-order valence-electron chi connectivity index (χ4n) is 4.82. The van der Waals surface area contributed by atoms with Crippen LogP contribution in [0.3, 0.4) is 0 Å². The monoisotopic (exact) mass is 702 g/mol. The number of carbonyl (C=O) groups is 1. The first-order valence-electron chi connectivity index (χ1n) is 16.4. The zero-order valence-corrected chi connectivity index (χ0v) is 28.9. The molecule has 0 radical (unpaired) electrons. The first-order chi connectivity index (χ1) is 25.1. The van der Waals surface area contributed by atoms with E-state index in [1.165, 1.54) is 6.07 Å². The topological polar surface area (TPSA) is 134 Å². The molecule has 0 bridgehead atoms. The Hall–Kier alpha value is -5.47. The molecule has 0 fully saturated rings. The van der Waals surface area contributed by atoms with Crippen molar-refractivity contribution >= 4 is 5.97 Å². The van der Waals surface area contributed by atoms with E-state index in [9.17, 15) is 9.90 Å². The molecule has 0 saturated heterocycles. The molecule has 0 aromatic heterocycles. The van der Waals surface area contributed by atoms with Gasteiger partial charge in [0.25, 0.3) is 0 Å². The van der Waals surface area contributed by atoms with Crippen molar-refractivity contribution in [3.8, 4) is 46.0 Å². The summed E-state index contributed by atoms with van der Waals surface area (Å²) in [6.45, 7) is 1.66. The summed E-state index contributed by atoms with van der Waals surface area (Å²) in [6, 6.07) is 35.6. The SMILES string of the molecule is O=C([O-])c1ccccc1COc1ccccc1OCCOc1ccccc1OCCOc1ccccc1OCCOc1ccccc1OCCO.[Li+]. The van der Waals surface area contributed by atoms with E-state index in [1.54, 1.807) is 42.5 Å². The van der Waals surface area contributed by atoms with Gasteiger partial charge in [-0.2, -0.15) is 0 Å². The van der Waals surface area contributed by atoms with Crippen molar-refractivity contribution in [2.45, 2.75) is 6.61 Å². The van der Waals surface area contributed by atoms with Crippen LogP contribution in [0.1, 0.15) is 15.9 Å². The number of carbonyl (C=O) groups excluding carboxylic acids is 1. The van der Waals surface area contributed by atoms with Gasteiger partial charge >= 0.3 is 18.9 Å². The third kappa shape index (κ3) is 12.1. The number of ether oxygens (including phenoxy) is 8. The number of carboxylic acid groups (broad SMARTS) is 1. The number of aliphatic hydroxyl groups is 1. The van der Waals surface area contributed by atoms with Gasteiger partial charge in [0.1, 0.15) is 52.9 Å². The minimum Gasteiger partial charge on any atom is -0.545 e. The smallest absolute Gasteiger partial charge is 0.545 e. The number of benzene rings is 5. The molecule has 52 heavy (non-hydrogen) atoms. The number of aromatic carboxylic acids is 1. The predicted molar refractivity (Wildman–Crippen MR) is 186 cm³/mol. The molecule has 0 heterocycles. The predicted octanol–water partition coefficient (Wildman–Crippen LogP) is 2.38. The Morgan fingerprint density at radius 3 is 1.00 bits per heavy atom. The van der Waals surface area contributed by atoms with Crippen LogP contribution in [0.25, 0.3) is 0 Å². The minimum atomic E-state index is -1.26. The van der Waals surface area contributed by atoms with Crippen molar-refractivity contribution in [1.29, 1.82) is 0 Å². The minimum absolute atomic E-state index is 0. The number of rotatable bonds is 22. The molecule has 0 saturated carbocycles. The molecular weight excluding hydrogens is 663 g/mol. The largest absolute Gasteiger partial charge is 1.00 e. The third-order valence-electron chi connectivity index (χ3n) is 7.16. The molecule has 12 heteroatoms. The summed E-state index contributed by atoms with van der Waals surface area (Å²) in [6.07, 6.45) is 0. The number of hydrogen-bond acceptors (Lipinski definition) is 11. The van der Waals surface area contributed by atoms with Crippen molar-refractivity contribution in [2.24, 2.45) is 0 Å². The summed E-state index contributed by atoms with van der Waals surface area (Å²) in [7, 11) is 0. The number of carboxylic acids is 1. The zero-order chi connectivity index (χ0) is 35.5. The van der Waals surface area contributed by atoms with Gasteiger partial charge in [-0.15, -0.1) is 0 Å². The van der Waals surface area contributed by atoms with Crippen molar-refractivity contribution in [3.05, 3.63) is 132 Å². The van der Waals surface area contributed by atoms with Gasteiger partial charge in [0, 0.05) is 5.56 Å². The Morgan fingerprint density at radius 1 is 0.423 bits per heavy atom. The standard InChI is InChI=1S/C40H40O11.Li/c41-21-22-44-32-13-3-4-14-33(32)45-23-24-46-34-15-5-6-16-35(34)47-25-26-48-36-17-7-8-18-37(36)49-27-28-50-38-19-9-10-20-39(38)51-29-30-11-1-2-12-31(30)40(42)43;/h1-20,41H,21-29H2,(H,42,43);/q;+1/p-1. The molecule has 5 rings (SSSR count). The molecule has 0 aliphatic carbocycles. The Morgan fingerprint density at radius 2 is 0.692 bits per heavy atom. The van der Waals surface area contributed by atoms with Crippen LogP contribution in [0.2, 0.25) is 0 Å².